The third kappa shape index (κ3) is 3.42. The molecule has 0 saturated carbocycles. The number of piperidine rings is 1. The van der Waals surface area contributed by atoms with E-state index in [-0.39, 0.29) is 5.91 Å². The molecule has 1 unspecified atom stereocenters. The summed E-state index contributed by atoms with van der Waals surface area (Å²) in [4.78, 5) is 26.5. The molecule has 3 rings (SSSR count). The first-order chi connectivity index (χ1) is 10.3. The van der Waals surface area contributed by atoms with Crippen molar-refractivity contribution in [3.8, 4) is 0 Å². The Balaban J connectivity index is 1.64. The molecule has 0 aromatic carbocycles. The Hall–Kier alpha value is -2.30. The van der Waals surface area contributed by atoms with Crippen LogP contribution >= 0.6 is 0 Å². The van der Waals surface area contributed by atoms with Crippen molar-refractivity contribution in [3.05, 3.63) is 54.4 Å². The summed E-state index contributed by atoms with van der Waals surface area (Å²) < 4.78 is 0. The molecule has 1 aliphatic rings. The Bertz CT molecular complexity index is 588. The van der Waals surface area contributed by atoms with Gasteiger partial charge in [-0.05, 0) is 36.8 Å². The van der Waals surface area contributed by atoms with Gasteiger partial charge >= 0.3 is 0 Å². The molecule has 5 heteroatoms. The van der Waals surface area contributed by atoms with E-state index in [1.54, 1.807) is 18.6 Å². The van der Waals surface area contributed by atoms with Crippen LogP contribution in [0, 0.1) is 5.92 Å². The zero-order valence-corrected chi connectivity index (χ0v) is 11.9. The van der Waals surface area contributed by atoms with Gasteiger partial charge in [-0.3, -0.25) is 14.8 Å². The maximum atomic E-state index is 12.4. The number of aromatic nitrogens is 3. The van der Waals surface area contributed by atoms with Gasteiger partial charge in [-0.1, -0.05) is 6.07 Å². The summed E-state index contributed by atoms with van der Waals surface area (Å²) >= 11 is 0. The summed E-state index contributed by atoms with van der Waals surface area (Å²) in [5.41, 5.74) is 1.66. The molecule has 2 aromatic rings. The van der Waals surface area contributed by atoms with Crippen molar-refractivity contribution in [3.63, 3.8) is 0 Å². The Labute approximate surface area is 124 Å². The molecule has 1 saturated heterocycles. The Kier molecular flexibility index (Phi) is 4.19. The second kappa shape index (κ2) is 6.43. The van der Waals surface area contributed by atoms with Gasteiger partial charge in [0.15, 0.2) is 0 Å². The average Bonchev–Trinajstić information content (AvgIpc) is 2.56. The predicted molar refractivity (Wildman–Crippen MR) is 78.6 cm³/mol. The van der Waals surface area contributed by atoms with Crippen molar-refractivity contribution >= 4 is 5.91 Å². The summed E-state index contributed by atoms with van der Waals surface area (Å²) in [5.74, 6) is 0.475. The lowest BCUT2D eigenvalue weighted by Crippen LogP contribution is -2.40. The van der Waals surface area contributed by atoms with E-state index in [4.69, 9.17) is 0 Å². The standard InChI is InChI=1S/C16H18N4O/c21-16(15-11-18-6-7-19-15)20-8-2-4-14(12-20)9-13-3-1-5-17-10-13/h1,3,5-7,10-11,14H,2,4,8-9,12H2. The fourth-order valence-electron chi connectivity index (χ4n) is 2.84. The maximum Gasteiger partial charge on any atom is 0.274 e. The van der Waals surface area contributed by atoms with E-state index in [0.717, 1.165) is 32.4 Å². The Morgan fingerprint density at radius 1 is 1.24 bits per heavy atom. The molecule has 2 aromatic heterocycles. The van der Waals surface area contributed by atoms with Crippen LogP contribution in [0.3, 0.4) is 0 Å². The molecule has 1 amide bonds. The molecule has 3 heterocycles. The van der Waals surface area contributed by atoms with Crippen LogP contribution in [0.2, 0.25) is 0 Å². The van der Waals surface area contributed by atoms with Gasteiger partial charge in [0.1, 0.15) is 5.69 Å². The number of carbonyl (C=O) groups excluding carboxylic acids is 1. The summed E-state index contributed by atoms with van der Waals surface area (Å²) in [6.07, 6.45) is 11.5. The van der Waals surface area contributed by atoms with Crippen LogP contribution in [-0.2, 0) is 6.42 Å². The highest BCUT2D eigenvalue weighted by Gasteiger charge is 2.25. The van der Waals surface area contributed by atoms with Crippen molar-refractivity contribution in [1.82, 2.24) is 19.9 Å². The number of hydrogen-bond donors (Lipinski definition) is 0. The first-order valence-electron chi connectivity index (χ1n) is 7.27. The fourth-order valence-corrected chi connectivity index (χ4v) is 2.84. The largest absolute Gasteiger partial charge is 0.337 e. The monoisotopic (exact) mass is 282 g/mol. The Morgan fingerprint density at radius 2 is 2.14 bits per heavy atom. The molecule has 1 aliphatic heterocycles. The van der Waals surface area contributed by atoms with Gasteiger partial charge in [-0.15, -0.1) is 0 Å². The molecule has 0 bridgehead atoms. The molecule has 1 atom stereocenters. The first kappa shape index (κ1) is 13.7. The van der Waals surface area contributed by atoms with E-state index in [1.165, 1.54) is 11.8 Å². The van der Waals surface area contributed by atoms with Crippen molar-refractivity contribution in [2.24, 2.45) is 5.92 Å². The van der Waals surface area contributed by atoms with Gasteiger partial charge < -0.3 is 4.90 Å². The number of hydrogen-bond acceptors (Lipinski definition) is 4. The van der Waals surface area contributed by atoms with E-state index in [9.17, 15) is 4.79 Å². The molecule has 1 fully saturated rings. The predicted octanol–water partition coefficient (Wildman–Crippen LogP) is 1.97. The molecular formula is C16H18N4O. The maximum absolute atomic E-state index is 12.4. The summed E-state index contributed by atoms with van der Waals surface area (Å²) in [6, 6.07) is 4.05. The summed E-state index contributed by atoms with van der Waals surface area (Å²) in [5, 5.41) is 0. The van der Waals surface area contributed by atoms with Gasteiger partial charge in [0.05, 0.1) is 6.20 Å². The zero-order chi connectivity index (χ0) is 14.5. The van der Waals surface area contributed by atoms with Crippen molar-refractivity contribution in [1.29, 1.82) is 0 Å². The number of carbonyl (C=O) groups is 1. The molecule has 0 spiro atoms. The minimum atomic E-state index is -0.0148. The minimum absolute atomic E-state index is 0.0148. The van der Waals surface area contributed by atoms with Gasteiger partial charge in [0, 0.05) is 37.9 Å². The van der Waals surface area contributed by atoms with E-state index < -0.39 is 0 Å². The van der Waals surface area contributed by atoms with Crippen LogP contribution in [0.15, 0.2) is 43.1 Å². The molecule has 108 valence electrons. The van der Waals surface area contributed by atoms with Crippen LogP contribution in [0.1, 0.15) is 28.9 Å². The second-order valence-electron chi connectivity index (χ2n) is 5.42. The highest BCUT2D eigenvalue weighted by Crippen LogP contribution is 2.21. The van der Waals surface area contributed by atoms with E-state index in [1.807, 2.05) is 17.2 Å². The molecular weight excluding hydrogens is 264 g/mol. The van der Waals surface area contributed by atoms with Crippen molar-refractivity contribution in [2.45, 2.75) is 19.3 Å². The number of likely N-dealkylation sites (tertiary alicyclic amines) is 1. The smallest absolute Gasteiger partial charge is 0.274 e. The van der Waals surface area contributed by atoms with Gasteiger partial charge in [-0.25, -0.2) is 4.98 Å². The highest BCUT2D eigenvalue weighted by atomic mass is 16.2. The lowest BCUT2D eigenvalue weighted by atomic mass is 9.92. The molecule has 21 heavy (non-hydrogen) atoms. The number of rotatable bonds is 3. The lowest BCUT2D eigenvalue weighted by molar-refractivity contribution is 0.0667. The minimum Gasteiger partial charge on any atom is -0.337 e. The molecule has 0 N–H and O–H groups in total. The van der Waals surface area contributed by atoms with Crippen molar-refractivity contribution in [2.75, 3.05) is 13.1 Å². The van der Waals surface area contributed by atoms with Crippen LogP contribution in [0.5, 0.6) is 0 Å². The molecule has 5 nitrogen and oxygen atoms in total. The van der Waals surface area contributed by atoms with Crippen LogP contribution in [0.25, 0.3) is 0 Å². The van der Waals surface area contributed by atoms with E-state index in [0.29, 0.717) is 11.6 Å². The van der Waals surface area contributed by atoms with E-state index >= 15 is 0 Å². The quantitative estimate of drug-likeness (QED) is 0.863. The van der Waals surface area contributed by atoms with Crippen LogP contribution < -0.4 is 0 Å². The second-order valence-corrected chi connectivity index (χ2v) is 5.42. The highest BCUT2D eigenvalue weighted by molar-refractivity contribution is 5.92. The molecule has 0 aliphatic carbocycles. The van der Waals surface area contributed by atoms with Gasteiger partial charge in [0.25, 0.3) is 5.91 Å². The third-order valence-electron chi connectivity index (χ3n) is 3.84. The number of nitrogens with zero attached hydrogens (tertiary/aromatic N) is 4. The lowest BCUT2D eigenvalue weighted by Gasteiger charge is -2.32. The Morgan fingerprint density at radius 3 is 2.90 bits per heavy atom. The van der Waals surface area contributed by atoms with Crippen molar-refractivity contribution < 1.29 is 4.79 Å². The fraction of sp³-hybridized carbons (Fsp3) is 0.375. The number of amides is 1. The number of pyridine rings is 1. The van der Waals surface area contributed by atoms with Gasteiger partial charge in [0.2, 0.25) is 0 Å². The van der Waals surface area contributed by atoms with E-state index in [2.05, 4.69) is 21.0 Å². The zero-order valence-electron chi connectivity index (χ0n) is 11.9. The van der Waals surface area contributed by atoms with Gasteiger partial charge in [-0.2, -0.15) is 0 Å². The first-order valence-corrected chi connectivity index (χ1v) is 7.27. The average molecular weight is 282 g/mol. The third-order valence-corrected chi connectivity index (χ3v) is 3.84. The van der Waals surface area contributed by atoms with Crippen LogP contribution in [0.4, 0.5) is 0 Å². The van der Waals surface area contributed by atoms with Crippen LogP contribution in [-0.4, -0.2) is 38.8 Å². The summed E-state index contributed by atoms with van der Waals surface area (Å²) in [6.45, 7) is 1.59. The summed E-state index contributed by atoms with van der Waals surface area (Å²) in [7, 11) is 0. The normalized spacial score (nSPS) is 18.5. The molecule has 0 radical (unpaired) electrons. The topological polar surface area (TPSA) is 59.0 Å². The SMILES string of the molecule is O=C(c1cnccn1)N1CCCC(Cc2cccnc2)C1.